The maximum absolute atomic E-state index is 12.5. The van der Waals surface area contributed by atoms with Crippen LogP contribution >= 0.6 is 34.9 Å². The average Bonchev–Trinajstić information content (AvgIpc) is 3.22. The molecule has 1 unspecified atom stereocenters. The minimum Gasteiger partial charge on any atom is -0.392 e. The Bertz CT molecular complexity index is 690. The normalized spacial score (nSPS) is 18.0. The number of nitrogens with zero attached hydrogens (tertiary/aromatic N) is 1. The van der Waals surface area contributed by atoms with Gasteiger partial charge in [-0.1, -0.05) is 35.9 Å². The van der Waals surface area contributed by atoms with Crippen molar-refractivity contribution in [3.8, 4) is 0 Å². The molecule has 1 atom stereocenters. The van der Waals surface area contributed by atoms with Gasteiger partial charge in [0.2, 0.25) is 5.91 Å². The number of nitrogens with one attached hydrogen (secondary N) is 1. The molecule has 3 rings (SSSR count). The van der Waals surface area contributed by atoms with E-state index in [2.05, 4.69) is 9.62 Å². The minimum absolute atomic E-state index is 0.0354. The molecule has 128 valence electrons. The number of thiophene rings is 1. The predicted octanol–water partition coefficient (Wildman–Crippen LogP) is 3.68. The van der Waals surface area contributed by atoms with Crippen LogP contribution in [-0.4, -0.2) is 27.9 Å². The van der Waals surface area contributed by atoms with Crippen LogP contribution < -0.4 is 5.32 Å². The topological polar surface area (TPSA) is 52.6 Å². The molecule has 0 aliphatic carbocycles. The fourth-order valence-electron chi connectivity index (χ4n) is 2.64. The van der Waals surface area contributed by atoms with Gasteiger partial charge in [-0.05, 0) is 48.0 Å². The van der Waals surface area contributed by atoms with E-state index in [1.54, 1.807) is 11.9 Å². The largest absolute Gasteiger partial charge is 0.392 e. The quantitative estimate of drug-likeness (QED) is 0.748. The number of carbonyl (C=O) groups excluding carboxylic acids is 1. The summed E-state index contributed by atoms with van der Waals surface area (Å²) in [6.45, 7) is 1.45. The van der Waals surface area contributed by atoms with E-state index in [9.17, 15) is 4.79 Å². The monoisotopic (exact) mass is 382 g/mol. The molecule has 1 fully saturated rings. The Morgan fingerprint density at radius 2 is 2.04 bits per heavy atom. The van der Waals surface area contributed by atoms with E-state index < -0.39 is 0 Å². The zero-order valence-electron chi connectivity index (χ0n) is 13.1. The van der Waals surface area contributed by atoms with E-state index in [4.69, 9.17) is 16.7 Å². The van der Waals surface area contributed by atoms with Gasteiger partial charge in [0.25, 0.3) is 0 Å². The van der Waals surface area contributed by atoms with E-state index in [0.29, 0.717) is 6.54 Å². The zero-order valence-corrected chi connectivity index (χ0v) is 15.5. The maximum atomic E-state index is 12.5. The molecule has 24 heavy (non-hydrogen) atoms. The summed E-state index contributed by atoms with van der Waals surface area (Å²) in [4.78, 5) is 12.5. The van der Waals surface area contributed by atoms with Crippen LogP contribution in [0.2, 0.25) is 4.34 Å². The van der Waals surface area contributed by atoms with Crippen molar-refractivity contribution in [2.45, 2.75) is 36.2 Å². The number of benzene rings is 1. The molecule has 1 aliphatic heterocycles. The van der Waals surface area contributed by atoms with Crippen LogP contribution in [0.3, 0.4) is 0 Å². The fourth-order valence-corrected chi connectivity index (χ4v) is 5.17. The second-order valence-electron chi connectivity index (χ2n) is 5.64. The lowest BCUT2D eigenvalue weighted by molar-refractivity contribution is -0.124. The smallest absolute Gasteiger partial charge is 0.238 e. The summed E-state index contributed by atoms with van der Waals surface area (Å²) in [5, 5.41) is 12.1. The van der Waals surface area contributed by atoms with Gasteiger partial charge in [-0.3, -0.25) is 4.79 Å². The number of halogens is 1. The van der Waals surface area contributed by atoms with Crippen molar-refractivity contribution in [3.63, 3.8) is 0 Å². The van der Waals surface area contributed by atoms with E-state index in [0.717, 1.165) is 39.1 Å². The molecule has 0 radical (unpaired) electrons. The highest BCUT2D eigenvalue weighted by molar-refractivity contribution is 7.99. The second-order valence-corrected chi connectivity index (χ2v) is 8.71. The zero-order chi connectivity index (χ0) is 16.9. The van der Waals surface area contributed by atoms with Crippen molar-refractivity contribution < 1.29 is 9.90 Å². The molecule has 0 spiro atoms. The summed E-state index contributed by atoms with van der Waals surface area (Å²) in [6.07, 6.45) is 1.90. The Balaban J connectivity index is 1.54. The highest BCUT2D eigenvalue weighted by Crippen LogP contribution is 2.36. The summed E-state index contributed by atoms with van der Waals surface area (Å²) < 4.78 is 4.02. The van der Waals surface area contributed by atoms with Gasteiger partial charge >= 0.3 is 0 Å². The minimum atomic E-state index is -0.104. The lowest BCUT2D eigenvalue weighted by Crippen LogP contribution is -2.39. The van der Waals surface area contributed by atoms with E-state index in [-0.39, 0.29) is 18.6 Å². The average molecular weight is 383 g/mol. The van der Waals surface area contributed by atoms with Crippen molar-refractivity contribution in [3.05, 3.63) is 51.9 Å². The lowest BCUT2D eigenvalue weighted by atomic mass is 10.1. The number of aliphatic hydroxyl groups is 1. The standard InChI is InChI=1S/C17H19ClN2O2S2/c18-15-7-8-16(23-15)24-20-9-1-2-14(20)17(22)19-10-12-3-5-13(11-21)6-4-12/h3-8,14,21H,1-2,9-11H2,(H,19,22). The summed E-state index contributed by atoms with van der Waals surface area (Å²) >= 11 is 9.13. The number of rotatable bonds is 6. The summed E-state index contributed by atoms with van der Waals surface area (Å²) in [7, 11) is 0. The van der Waals surface area contributed by atoms with Crippen LogP contribution in [0.1, 0.15) is 24.0 Å². The van der Waals surface area contributed by atoms with Crippen LogP contribution in [0.15, 0.2) is 40.6 Å². The summed E-state index contributed by atoms with van der Waals surface area (Å²) in [5.74, 6) is 0.0638. The highest BCUT2D eigenvalue weighted by atomic mass is 35.5. The van der Waals surface area contributed by atoms with E-state index in [1.165, 1.54) is 11.3 Å². The van der Waals surface area contributed by atoms with Gasteiger partial charge in [0.15, 0.2) is 0 Å². The number of amides is 1. The number of hydrogen-bond acceptors (Lipinski definition) is 5. The Morgan fingerprint density at radius 3 is 2.71 bits per heavy atom. The van der Waals surface area contributed by atoms with Crippen LogP contribution in [-0.2, 0) is 17.9 Å². The fraction of sp³-hybridized carbons (Fsp3) is 0.353. The molecular formula is C17H19ClN2O2S2. The van der Waals surface area contributed by atoms with Crippen molar-refractivity contribution in [2.75, 3.05) is 6.54 Å². The van der Waals surface area contributed by atoms with Gasteiger partial charge in [0.05, 0.1) is 21.2 Å². The molecular weight excluding hydrogens is 364 g/mol. The molecule has 2 heterocycles. The molecule has 0 bridgehead atoms. The molecule has 0 saturated carbocycles. The molecule has 7 heteroatoms. The van der Waals surface area contributed by atoms with E-state index >= 15 is 0 Å². The first-order valence-corrected chi connectivity index (χ1v) is 9.79. The van der Waals surface area contributed by atoms with E-state index in [1.807, 2.05) is 36.4 Å². The maximum Gasteiger partial charge on any atom is 0.238 e. The predicted molar refractivity (Wildman–Crippen MR) is 99.1 cm³/mol. The molecule has 1 saturated heterocycles. The summed E-state index contributed by atoms with van der Waals surface area (Å²) in [5.41, 5.74) is 1.90. The molecule has 2 aromatic rings. The van der Waals surface area contributed by atoms with Crippen molar-refractivity contribution >= 4 is 40.8 Å². The van der Waals surface area contributed by atoms with Gasteiger partial charge in [-0.15, -0.1) is 11.3 Å². The van der Waals surface area contributed by atoms with Gasteiger partial charge in [-0.25, -0.2) is 4.31 Å². The lowest BCUT2D eigenvalue weighted by Gasteiger charge is -2.21. The summed E-state index contributed by atoms with van der Waals surface area (Å²) in [6, 6.07) is 11.4. The Hall–Kier alpha value is -1.05. The Morgan fingerprint density at radius 1 is 1.29 bits per heavy atom. The van der Waals surface area contributed by atoms with Gasteiger partial charge in [-0.2, -0.15) is 0 Å². The SMILES string of the molecule is O=C(NCc1ccc(CO)cc1)C1CCCN1Sc1ccc(Cl)s1. The molecule has 1 amide bonds. The van der Waals surface area contributed by atoms with Crippen LogP contribution in [0.4, 0.5) is 0 Å². The first-order chi connectivity index (χ1) is 11.7. The van der Waals surface area contributed by atoms with Crippen molar-refractivity contribution in [1.82, 2.24) is 9.62 Å². The van der Waals surface area contributed by atoms with Crippen molar-refractivity contribution in [2.24, 2.45) is 0 Å². The third kappa shape index (κ3) is 4.52. The third-order valence-corrected chi connectivity index (χ3v) is 6.42. The Labute approximate surface area is 155 Å². The molecule has 2 N–H and O–H groups in total. The number of carbonyl (C=O) groups is 1. The Kier molecular flexibility index (Phi) is 6.19. The number of hydrogen-bond donors (Lipinski definition) is 2. The molecule has 1 aliphatic rings. The first-order valence-electron chi connectivity index (χ1n) is 7.82. The van der Waals surface area contributed by atoms with Crippen LogP contribution in [0.25, 0.3) is 0 Å². The first kappa shape index (κ1) is 17.8. The number of aliphatic hydroxyl groups excluding tert-OH is 1. The van der Waals surface area contributed by atoms with Crippen LogP contribution in [0.5, 0.6) is 0 Å². The van der Waals surface area contributed by atoms with Gasteiger partial charge in [0, 0.05) is 13.1 Å². The van der Waals surface area contributed by atoms with Crippen molar-refractivity contribution in [1.29, 1.82) is 0 Å². The van der Waals surface area contributed by atoms with Crippen LogP contribution in [0, 0.1) is 0 Å². The highest BCUT2D eigenvalue weighted by Gasteiger charge is 2.31. The third-order valence-electron chi connectivity index (χ3n) is 3.93. The second kappa shape index (κ2) is 8.36. The molecule has 1 aromatic heterocycles. The molecule has 1 aromatic carbocycles. The van der Waals surface area contributed by atoms with Gasteiger partial charge < -0.3 is 10.4 Å². The van der Waals surface area contributed by atoms with Gasteiger partial charge in [0.1, 0.15) is 0 Å². The molecule has 4 nitrogen and oxygen atoms in total.